The molecule has 168 valence electrons. The number of benzene rings is 2. The van der Waals surface area contributed by atoms with Gasteiger partial charge in [0.05, 0.1) is 16.6 Å². The third-order valence-electron chi connectivity index (χ3n) is 6.58. The van der Waals surface area contributed by atoms with Crippen molar-refractivity contribution in [2.75, 3.05) is 32.7 Å². The van der Waals surface area contributed by atoms with Gasteiger partial charge in [-0.3, -0.25) is 14.2 Å². The third-order valence-corrected chi connectivity index (χ3v) is 6.58. The topological polar surface area (TPSA) is 67.5 Å². The van der Waals surface area contributed by atoms with E-state index in [1.807, 2.05) is 43.9 Å². The fraction of sp³-hybridized carbons (Fsp3) is 0.400. The molecule has 2 heterocycles. The van der Waals surface area contributed by atoms with Gasteiger partial charge in [-0.2, -0.15) is 0 Å². The lowest BCUT2D eigenvalue weighted by Gasteiger charge is -2.34. The first kappa shape index (κ1) is 22.0. The Morgan fingerprint density at radius 1 is 0.969 bits per heavy atom. The molecule has 1 aliphatic rings. The maximum Gasteiger partial charge on any atom is 0.336 e. The van der Waals surface area contributed by atoms with Crippen molar-refractivity contribution in [1.82, 2.24) is 18.9 Å². The number of rotatable bonds is 4. The Kier molecular flexibility index (Phi) is 6.02. The van der Waals surface area contributed by atoms with Crippen LogP contribution in [0.4, 0.5) is 0 Å². The summed E-state index contributed by atoms with van der Waals surface area (Å²) in [6, 6.07) is 11.0. The largest absolute Gasteiger partial charge is 0.339 e. The minimum absolute atomic E-state index is 0.0876. The van der Waals surface area contributed by atoms with Crippen LogP contribution in [0.3, 0.4) is 0 Å². The molecule has 0 saturated carbocycles. The fourth-order valence-electron chi connectivity index (χ4n) is 4.38. The highest BCUT2D eigenvalue weighted by Crippen LogP contribution is 2.17. The number of carbonyl (C=O) groups excluding carboxylic acids is 1. The minimum atomic E-state index is -0.486. The number of hydrogen-bond acceptors (Lipinski definition) is 4. The molecule has 1 aliphatic heterocycles. The normalized spacial score (nSPS) is 14.8. The molecule has 32 heavy (non-hydrogen) atoms. The summed E-state index contributed by atoms with van der Waals surface area (Å²) in [5.74, 6) is -0.101. The monoisotopic (exact) mass is 434 g/mol. The Morgan fingerprint density at radius 2 is 1.69 bits per heavy atom. The molecule has 0 atom stereocenters. The van der Waals surface area contributed by atoms with Crippen molar-refractivity contribution in [3.63, 3.8) is 0 Å². The van der Waals surface area contributed by atoms with Crippen LogP contribution in [0.15, 0.2) is 46.0 Å². The van der Waals surface area contributed by atoms with E-state index in [-0.39, 0.29) is 18.0 Å². The zero-order valence-corrected chi connectivity index (χ0v) is 19.2. The third kappa shape index (κ3) is 3.88. The predicted molar refractivity (Wildman–Crippen MR) is 127 cm³/mol. The SMILES string of the molecule is CCN1CCN(C(=O)Cn2c(=O)n(-c3cccc(C)c3C)c(=O)c3cc(C)ccc32)CC1. The van der Waals surface area contributed by atoms with Crippen LogP contribution in [0, 0.1) is 20.8 Å². The summed E-state index contributed by atoms with van der Waals surface area (Å²) in [7, 11) is 0. The van der Waals surface area contributed by atoms with Crippen LogP contribution in [-0.4, -0.2) is 57.6 Å². The quantitative estimate of drug-likeness (QED) is 0.632. The lowest BCUT2D eigenvalue weighted by atomic mass is 10.1. The number of piperazine rings is 1. The average Bonchev–Trinajstić information content (AvgIpc) is 2.79. The lowest BCUT2D eigenvalue weighted by molar-refractivity contribution is -0.133. The highest BCUT2D eigenvalue weighted by atomic mass is 16.2. The molecule has 0 aliphatic carbocycles. The fourth-order valence-corrected chi connectivity index (χ4v) is 4.38. The lowest BCUT2D eigenvalue weighted by Crippen LogP contribution is -2.50. The molecule has 0 unspecified atom stereocenters. The number of amides is 1. The van der Waals surface area contributed by atoms with Crippen molar-refractivity contribution in [1.29, 1.82) is 0 Å². The first-order valence-corrected chi connectivity index (χ1v) is 11.1. The van der Waals surface area contributed by atoms with Crippen LogP contribution in [0.25, 0.3) is 16.6 Å². The average molecular weight is 435 g/mol. The van der Waals surface area contributed by atoms with Gasteiger partial charge in [-0.15, -0.1) is 0 Å². The van der Waals surface area contributed by atoms with Gasteiger partial charge in [0.2, 0.25) is 5.91 Å². The highest BCUT2D eigenvalue weighted by Gasteiger charge is 2.23. The van der Waals surface area contributed by atoms with E-state index < -0.39 is 5.69 Å². The summed E-state index contributed by atoms with van der Waals surface area (Å²) >= 11 is 0. The molecule has 4 rings (SSSR count). The molecule has 7 nitrogen and oxygen atoms in total. The number of carbonyl (C=O) groups is 1. The Labute approximate surface area is 187 Å². The number of fused-ring (bicyclic) bond motifs is 1. The maximum absolute atomic E-state index is 13.6. The number of nitrogens with zero attached hydrogens (tertiary/aromatic N) is 4. The summed E-state index contributed by atoms with van der Waals surface area (Å²) in [5, 5.41) is 0.439. The van der Waals surface area contributed by atoms with E-state index in [0.717, 1.165) is 36.3 Å². The second-order valence-corrected chi connectivity index (χ2v) is 8.56. The van der Waals surface area contributed by atoms with Crippen molar-refractivity contribution >= 4 is 16.8 Å². The molecule has 0 spiro atoms. The van der Waals surface area contributed by atoms with E-state index in [1.165, 1.54) is 9.13 Å². The maximum atomic E-state index is 13.6. The molecule has 0 bridgehead atoms. The number of hydrogen-bond donors (Lipinski definition) is 0. The van der Waals surface area contributed by atoms with Gasteiger partial charge >= 0.3 is 5.69 Å². The van der Waals surface area contributed by atoms with Gasteiger partial charge in [-0.05, 0) is 56.6 Å². The molecule has 1 amide bonds. The second-order valence-electron chi connectivity index (χ2n) is 8.56. The Morgan fingerprint density at radius 3 is 2.38 bits per heavy atom. The van der Waals surface area contributed by atoms with Gasteiger partial charge in [0, 0.05) is 26.2 Å². The van der Waals surface area contributed by atoms with E-state index in [2.05, 4.69) is 11.8 Å². The van der Waals surface area contributed by atoms with Crippen molar-refractivity contribution in [3.05, 3.63) is 73.9 Å². The smallest absolute Gasteiger partial charge is 0.336 e. The standard InChI is InChI=1S/C25H30N4O3/c1-5-26-11-13-27(14-12-26)23(30)16-28-22-10-9-17(2)15-20(22)24(31)29(25(28)32)21-8-6-7-18(3)19(21)4/h6-10,15H,5,11-14,16H2,1-4H3. The summed E-state index contributed by atoms with van der Waals surface area (Å²) < 4.78 is 2.67. The number of aryl methyl sites for hydroxylation is 2. The summed E-state index contributed by atoms with van der Waals surface area (Å²) in [5.41, 5.74) is 2.99. The van der Waals surface area contributed by atoms with Crippen LogP contribution in [0.2, 0.25) is 0 Å². The van der Waals surface area contributed by atoms with Crippen molar-refractivity contribution in [3.8, 4) is 5.69 Å². The van der Waals surface area contributed by atoms with Gasteiger partial charge < -0.3 is 9.80 Å². The predicted octanol–water partition coefficient (Wildman–Crippen LogP) is 2.24. The molecule has 0 radical (unpaired) electrons. The van der Waals surface area contributed by atoms with Crippen LogP contribution in [-0.2, 0) is 11.3 Å². The van der Waals surface area contributed by atoms with Gasteiger partial charge in [-0.1, -0.05) is 30.7 Å². The van der Waals surface area contributed by atoms with Crippen molar-refractivity contribution in [2.24, 2.45) is 0 Å². The van der Waals surface area contributed by atoms with Gasteiger partial charge in [-0.25, -0.2) is 9.36 Å². The Hall–Kier alpha value is -3.19. The molecule has 3 aromatic rings. The van der Waals surface area contributed by atoms with Gasteiger partial charge in [0.1, 0.15) is 6.54 Å². The molecule has 2 aromatic carbocycles. The van der Waals surface area contributed by atoms with Gasteiger partial charge in [0.15, 0.2) is 0 Å². The van der Waals surface area contributed by atoms with Gasteiger partial charge in [0.25, 0.3) is 5.56 Å². The zero-order valence-electron chi connectivity index (χ0n) is 19.2. The van der Waals surface area contributed by atoms with Crippen molar-refractivity contribution < 1.29 is 4.79 Å². The summed E-state index contributed by atoms with van der Waals surface area (Å²) in [4.78, 5) is 44.3. The van der Waals surface area contributed by atoms with E-state index in [4.69, 9.17) is 0 Å². The zero-order chi connectivity index (χ0) is 23.0. The van der Waals surface area contributed by atoms with Crippen LogP contribution in [0.5, 0.6) is 0 Å². The van der Waals surface area contributed by atoms with E-state index in [1.54, 1.807) is 18.2 Å². The molecular weight excluding hydrogens is 404 g/mol. The second kappa shape index (κ2) is 8.74. The molecule has 7 heteroatoms. The summed E-state index contributed by atoms with van der Waals surface area (Å²) in [6.07, 6.45) is 0. The molecular formula is C25H30N4O3. The molecule has 0 N–H and O–H groups in total. The van der Waals surface area contributed by atoms with Crippen LogP contribution in [0.1, 0.15) is 23.6 Å². The van der Waals surface area contributed by atoms with E-state index in [9.17, 15) is 14.4 Å². The molecule has 1 aromatic heterocycles. The number of aromatic nitrogens is 2. The first-order valence-electron chi connectivity index (χ1n) is 11.1. The number of likely N-dealkylation sites (N-methyl/N-ethyl adjacent to an activating group) is 1. The van der Waals surface area contributed by atoms with Crippen LogP contribution >= 0.6 is 0 Å². The van der Waals surface area contributed by atoms with Crippen molar-refractivity contribution in [2.45, 2.75) is 34.2 Å². The Balaban J connectivity index is 1.85. The molecule has 1 saturated heterocycles. The van der Waals surface area contributed by atoms with Crippen LogP contribution < -0.4 is 11.2 Å². The molecule has 1 fully saturated rings. The first-order chi connectivity index (χ1) is 15.3. The highest BCUT2D eigenvalue weighted by molar-refractivity contribution is 5.82. The minimum Gasteiger partial charge on any atom is -0.339 e. The van der Waals surface area contributed by atoms with E-state index >= 15 is 0 Å². The van der Waals surface area contributed by atoms with E-state index in [0.29, 0.717) is 29.7 Å². The Bertz CT molecular complexity index is 1300. The summed E-state index contributed by atoms with van der Waals surface area (Å²) in [6.45, 7) is 11.7.